The lowest BCUT2D eigenvalue weighted by molar-refractivity contribution is -0.133. The van der Waals surface area contributed by atoms with Gasteiger partial charge in [-0.25, -0.2) is 0 Å². The van der Waals surface area contributed by atoms with Crippen LogP contribution in [0.5, 0.6) is 5.75 Å². The molecule has 1 atom stereocenters. The number of hydrogen-bond donors (Lipinski definition) is 1. The van der Waals surface area contributed by atoms with Crippen molar-refractivity contribution in [3.8, 4) is 5.75 Å². The van der Waals surface area contributed by atoms with E-state index in [1.165, 1.54) is 0 Å². The number of benzene rings is 1. The van der Waals surface area contributed by atoms with Crippen LogP contribution in [-0.2, 0) is 0 Å². The number of halogens is 3. The molecule has 1 N–H and O–H groups in total. The van der Waals surface area contributed by atoms with Crippen LogP contribution in [-0.4, -0.2) is 19.8 Å². The molecule has 0 amide bonds. The van der Waals surface area contributed by atoms with E-state index in [0.29, 0.717) is 5.92 Å². The van der Waals surface area contributed by atoms with Gasteiger partial charge in [-0.05, 0) is 36.5 Å². The molecule has 0 aliphatic heterocycles. The van der Waals surface area contributed by atoms with E-state index in [-0.39, 0.29) is 12.6 Å². The van der Waals surface area contributed by atoms with Gasteiger partial charge < -0.3 is 10.1 Å². The van der Waals surface area contributed by atoms with E-state index < -0.39 is 12.6 Å². The van der Waals surface area contributed by atoms with Gasteiger partial charge in [0.15, 0.2) is 0 Å². The van der Waals surface area contributed by atoms with Gasteiger partial charge in [-0.1, -0.05) is 12.1 Å². The standard InChI is InChI=1S/C14H18F3NO/c1-19-12-6-4-11(5-7-12)13(10-2-3-10)18-9-8-14(15,16)17/h4-7,10,13,18H,2-3,8-9H2,1H3. The Kier molecular flexibility index (Phi) is 4.34. The number of alkyl halides is 3. The minimum atomic E-state index is -4.10. The van der Waals surface area contributed by atoms with Crippen LogP contribution in [0.4, 0.5) is 13.2 Å². The maximum atomic E-state index is 12.2. The van der Waals surface area contributed by atoms with Gasteiger partial charge in [0.1, 0.15) is 5.75 Å². The van der Waals surface area contributed by atoms with Crippen molar-refractivity contribution in [1.29, 1.82) is 0 Å². The molecule has 19 heavy (non-hydrogen) atoms. The van der Waals surface area contributed by atoms with Gasteiger partial charge in [0.2, 0.25) is 0 Å². The van der Waals surface area contributed by atoms with Gasteiger partial charge in [0, 0.05) is 12.6 Å². The fourth-order valence-electron chi connectivity index (χ4n) is 2.17. The van der Waals surface area contributed by atoms with Crippen LogP contribution in [0.3, 0.4) is 0 Å². The highest BCUT2D eigenvalue weighted by Gasteiger charge is 2.33. The molecule has 1 aromatic carbocycles. The average molecular weight is 273 g/mol. The molecule has 0 aromatic heterocycles. The normalized spacial score (nSPS) is 17.3. The van der Waals surface area contributed by atoms with Crippen LogP contribution in [0.25, 0.3) is 0 Å². The van der Waals surface area contributed by atoms with Crippen molar-refractivity contribution in [3.63, 3.8) is 0 Å². The summed E-state index contributed by atoms with van der Waals surface area (Å²) in [5.41, 5.74) is 1.03. The van der Waals surface area contributed by atoms with Gasteiger partial charge in [-0.15, -0.1) is 0 Å². The van der Waals surface area contributed by atoms with Crippen molar-refractivity contribution in [2.45, 2.75) is 31.5 Å². The second-order valence-electron chi connectivity index (χ2n) is 4.91. The minimum absolute atomic E-state index is 0.0215. The summed E-state index contributed by atoms with van der Waals surface area (Å²) in [7, 11) is 1.59. The molecule has 0 radical (unpaired) electrons. The molecule has 1 aliphatic carbocycles. The third kappa shape index (κ3) is 4.42. The van der Waals surface area contributed by atoms with Crippen molar-refractivity contribution < 1.29 is 17.9 Å². The zero-order valence-electron chi connectivity index (χ0n) is 10.8. The van der Waals surface area contributed by atoms with Crippen LogP contribution < -0.4 is 10.1 Å². The highest BCUT2D eigenvalue weighted by Crippen LogP contribution is 2.41. The first kappa shape index (κ1) is 14.2. The molecule has 1 aliphatic rings. The minimum Gasteiger partial charge on any atom is -0.497 e. The second-order valence-corrected chi connectivity index (χ2v) is 4.91. The summed E-state index contributed by atoms with van der Waals surface area (Å²) < 4.78 is 41.6. The number of methoxy groups -OCH3 is 1. The average Bonchev–Trinajstić information content (AvgIpc) is 3.18. The smallest absolute Gasteiger partial charge is 0.390 e. The van der Waals surface area contributed by atoms with Crippen molar-refractivity contribution in [1.82, 2.24) is 5.32 Å². The third-order valence-corrected chi connectivity index (χ3v) is 3.34. The Morgan fingerprint density at radius 1 is 1.26 bits per heavy atom. The topological polar surface area (TPSA) is 21.3 Å². The molecule has 1 fully saturated rings. The Morgan fingerprint density at radius 2 is 1.89 bits per heavy atom. The van der Waals surface area contributed by atoms with Crippen molar-refractivity contribution in [2.75, 3.05) is 13.7 Å². The lowest BCUT2D eigenvalue weighted by atomic mass is 10.0. The van der Waals surface area contributed by atoms with E-state index in [0.717, 1.165) is 24.2 Å². The molecule has 106 valence electrons. The highest BCUT2D eigenvalue weighted by molar-refractivity contribution is 5.30. The van der Waals surface area contributed by atoms with E-state index in [1.807, 2.05) is 24.3 Å². The number of nitrogens with one attached hydrogen (secondary N) is 1. The Bertz CT molecular complexity index is 398. The lowest BCUT2D eigenvalue weighted by Crippen LogP contribution is -2.27. The molecule has 2 rings (SSSR count). The number of ether oxygens (including phenoxy) is 1. The van der Waals surface area contributed by atoms with E-state index in [1.54, 1.807) is 7.11 Å². The molecule has 0 spiro atoms. The fraction of sp³-hybridized carbons (Fsp3) is 0.571. The Labute approximate surface area is 111 Å². The maximum absolute atomic E-state index is 12.2. The molecule has 0 saturated heterocycles. The van der Waals surface area contributed by atoms with Gasteiger partial charge in [-0.2, -0.15) is 13.2 Å². The molecule has 0 bridgehead atoms. The number of hydrogen-bond acceptors (Lipinski definition) is 2. The van der Waals surface area contributed by atoms with E-state index in [2.05, 4.69) is 5.32 Å². The summed E-state index contributed by atoms with van der Waals surface area (Å²) in [5.74, 6) is 1.22. The summed E-state index contributed by atoms with van der Waals surface area (Å²) in [6, 6.07) is 7.55. The summed E-state index contributed by atoms with van der Waals surface area (Å²) in [4.78, 5) is 0. The summed E-state index contributed by atoms with van der Waals surface area (Å²) >= 11 is 0. The second kappa shape index (κ2) is 5.82. The summed E-state index contributed by atoms with van der Waals surface area (Å²) in [6.07, 6.45) is -2.72. The van der Waals surface area contributed by atoms with Crippen molar-refractivity contribution in [2.24, 2.45) is 5.92 Å². The molecule has 1 unspecified atom stereocenters. The van der Waals surface area contributed by atoms with Crippen LogP contribution in [0.1, 0.15) is 30.9 Å². The van der Waals surface area contributed by atoms with Gasteiger partial charge in [-0.3, -0.25) is 0 Å². The van der Waals surface area contributed by atoms with Gasteiger partial charge >= 0.3 is 6.18 Å². The Morgan fingerprint density at radius 3 is 2.37 bits per heavy atom. The molecule has 1 aromatic rings. The van der Waals surface area contributed by atoms with Crippen LogP contribution in [0.15, 0.2) is 24.3 Å². The van der Waals surface area contributed by atoms with E-state index >= 15 is 0 Å². The van der Waals surface area contributed by atoms with Crippen LogP contribution in [0, 0.1) is 5.92 Å². The van der Waals surface area contributed by atoms with Crippen LogP contribution in [0.2, 0.25) is 0 Å². The van der Waals surface area contributed by atoms with E-state index in [9.17, 15) is 13.2 Å². The first-order valence-corrected chi connectivity index (χ1v) is 6.43. The molecular formula is C14H18F3NO. The summed E-state index contributed by atoms with van der Waals surface area (Å²) in [5, 5.41) is 3.03. The predicted octanol–water partition coefficient (Wildman–Crippen LogP) is 3.69. The number of rotatable bonds is 6. The van der Waals surface area contributed by atoms with E-state index in [4.69, 9.17) is 4.74 Å². The Balaban J connectivity index is 1.95. The van der Waals surface area contributed by atoms with Crippen LogP contribution >= 0.6 is 0 Å². The van der Waals surface area contributed by atoms with Gasteiger partial charge in [0.25, 0.3) is 0 Å². The zero-order valence-corrected chi connectivity index (χ0v) is 10.8. The fourth-order valence-corrected chi connectivity index (χ4v) is 2.17. The highest BCUT2D eigenvalue weighted by atomic mass is 19.4. The maximum Gasteiger partial charge on any atom is 0.390 e. The monoisotopic (exact) mass is 273 g/mol. The lowest BCUT2D eigenvalue weighted by Gasteiger charge is -2.19. The SMILES string of the molecule is COc1ccc(C(NCCC(F)(F)F)C2CC2)cc1. The first-order valence-electron chi connectivity index (χ1n) is 6.43. The Hall–Kier alpha value is -1.23. The molecule has 2 nitrogen and oxygen atoms in total. The summed E-state index contributed by atoms with van der Waals surface area (Å²) in [6.45, 7) is -0.0311. The molecule has 1 saturated carbocycles. The largest absolute Gasteiger partial charge is 0.497 e. The molecular weight excluding hydrogens is 255 g/mol. The predicted molar refractivity (Wildman–Crippen MR) is 67.1 cm³/mol. The molecule has 0 heterocycles. The van der Waals surface area contributed by atoms with Crippen molar-refractivity contribution >= 4 is 0 Å². The quantitative estimate of drug-likeness (QED) is 0.853. The van der Waals surface area contributed by atoms with Crippen molar-refractivity contribution in [3.05, 3.63) is 29.8 Å². The third-order valence-electron chi connectivity index (χ3n) is 3.34. The zero-order chi connectivity index (χ0) is 13.9. The van der Waals surface area contributed by atoms with Gasteiger partial charge in [0.05, 0.1) is 13.5 Å². The first-order chi connectivity index (χ1) is 8.99. The molecule has 5 heteroatoms.